The van der Waals surface area contributed by atoms with Crippen LogP contribution in [0.3, 0.4) is 0 Å². The molecule has 1 aliphatic heterocycles. The van der Waals surface area contributed by atoms with Gasteiger partial charge in [0.15, 0.2) is 0 Å². The molecule has 0 aliphatic carbocycles. The highest BCUT2D eigenvalue weighted by Gasteiger charge is 2.27. The molecule has 2 heterocycles. The lowest BCUT2D eigenvalue weighted by Gasteiger charge is -2.28. The third-order valence-electron chi connectivity index (χ3n) is 3.36. The largest absolute Gasteiger partial charge is 0.444 e. The summed E-state index contributed by atoms with van der Waals surface area (Å²) in [5.41, 5.74) is 4.37. The molecular formula is C16H23ClN4O6. The fraction of sp³-hybridized carbons (Fsp3) is 0.562. The van der Waals surface area contributed by atoms with Gasteiger partial charge in [-0.2, -0.15) is 4.98 Å². The molecule has 1 aromatic heterocycles. The normalized spacial score (nSPS) is 13.9. The van der Waals surface area contributed by atoms with Gasteiger partial charge in [0.1, 0.15) is 11.3 Å². The van der Waals surface area contributed by atoms with Crippen LogP contribution in [0.4, 0.5) is 16.2 Å². The van der Waals surface area contributed by atoms with E-state index in [9.17, 15) is 19.7 Å². The van der Waals surface area contributed by atoms with Crippen molar-refractivity contribution in [2.24, 2.45) is 5.73 Å². The maximum absolute atomic E-state index is 11.1. The van der Waals surface area contributed by atoms with E-state index in [0.717, 1.165) is 19.3 Å². The molecule has 1 amide bonds. The molecule has 1 aliphatic rings. The Hall–Kier alpha value is -2.62. The number of primary amides is 1. The van der Waals surface area contributed by atoms with E-state index in [-0.39, 0.29) is 23.2 Å². The average molecular weight is 403 g/mol. The van der Waals surface area contributed by atoms with Gasteiger partial charge in [0.05, 0.1) is 4.92 Å². The van der Waals surface area contributed by atoms with Gasteiger partial charge < -0.3 is 20.1 Å². The Balaban J connectivity index is 0.000000387. The summed E-state index contributed by atoms with van der Waals surface area (Å²) in [7, 11) is 0. The molecule has 11 heteroatoms. The molecule has 1 fully saturated rings. The third kappa shape index (κ3) is 7.65. The lowest BCUT2D eigenvalue weighted by molar-refractivity contribution is -0.384. The second-order valence-corrected chi connectivity index (χ2v) is 7.03. The monoisotopic (exact) mass is 402 g/mol. The Labute approximate surface area is 161 Å². The summed E-state index contributed by atoms with van der Waals surface area (Å²) in [6, 6.07) is 1.38. The number of pyridine rings is 1. The zero-order valence-corrected chi connectivity index (χ0v) is 16.2. The van der Waals surface area contributed by atoms with Crippen molar-refractivity contribution in [2.45, 2.75) is 45.6 Å². The van der Waals surface area contributed by atoms with Crippen LogP contribution in [-0.2, 0) is 9.53 Å². The third-order valence-corrected chi connectivity index (χ3v) is 3.63. The van der Waals surface area contributed by atoms with E-state index in [1.807, 2.05) is 4.90 Å². The van der Waals surface area contributed by atoms with E-state index >= 15 is 0 Å². The number of carbonyl (C=O) groups excluding carboxylic acids is 2. The predicted octanol–water partition coefficient (Wildman–Crippen LogP) is 3.05. The van der Waals surface area contributed by atoms with Crippen LogP contribution in [0.2, 0.25) is 5.15 Å². The van der Waals surface area contributed by atoms with Crippen LogP contribution in [0.15, 0.2) is 6.07 Å². The first-order valence-electron chi connectivity index (χ1n) is 8.23. The SMILES string of the molecule is CC(C)(C)OC(N)=O.O=COc1cc(N2CCCCC2)c([N+](=O)[O-])c(Cl)n1. The van der Waals surface area contributed by atoms with Gasteiger partial charge >= 0.3 is 11.8 Å². The second-order valence-electron chi connectivity index (χ2n) is 6.67. The number of nitrogens with two attached hydrogens (primary N) is 1. The van der Waals surface area contributed by atoms with Gasteiger partial charge in [0.2, 0.25) is 11.0 Å². The van der Waals surface area contributed by atoms with Crippen LogP contribution in [-0.4, -0.2) is 41.2 Å². The molecule has 0 spiro atoms. The van der Waals surface area contributed by atoms with Crippen LogP contribution < -0.4 is 15.4 Å². The Morgan fingerprint density at radius 3 is 2.37 bits per heavy atom. The molecule has 0 saturated carbocycles. The lowest BCUT2D eigenvalue weighted by Crippen LogP contribution is -2.30. The van der Waals surface area contributed by atoms with Gasteiger partial charge in [-0.25, -0.2) is 4.79 Å². The van der Waals surface area contributed by atoms with Crippen molar-refractivity contribution < 1.29 is 24.0 Å². The van der Waals surface area contributed by atoms with Gasteiger partial charge in [-0.1, -0.05) is 11.6 Å². The van der Waals surface area contributed by atoms with Crippen LogP contribution in [0.5, 0.6) is 5.88 Å². The minimum Gasteiger partial charge on any atom is -0.444 e. The highest BCUT2D eigenvalue weighted by atomic mass is 35.5. The molecule has 10 nitrogen and oxygen atoms in total. The molecule has 2 N–H and O–H groups in total. The van der Waals surface area contributed by atoms with Crippen LogP contribution in [0.25, 0.3) is 0 Å². The lowest BCUT2D eigenvalue weighted by atomic mass is 10.1. The molecule has 0 bridgehead atoms. The first-order valence-corrected chi connectivity index (χ1v) is 8.61. The fourth-order valence-corrected chi connectivity index (χ4v) is 2.68. The number of ether oxygens (including phenoxy) is 2. The number of piperidine rings is 1. The van der Waals surface area contributed by atoms with Gasteiger partial charge in [0.25, 0.3) is 6.47 Å². The minimum absolute atomic E-state index is 0.0360. The summed E-state index contributed by atoms with van der Waals surface area (Å²) < 4.78 is 9.20. The fourth-order valence-electron chi connectivity index (χ4n) is 2.43. The molecule has 27 heavy (non-hydrogen) atoms. The Kier molecular flexibility index (Phi) is 8.23. The first kappa shape index (κ1) is 22.4. The number of hydrogen-bond acceptors (Lipinski definition) is 8. The van der Waals surface area contributed by atoms with Crippen molar-refractivity contribution in [3.05, 3.63) is 21.3 Å². The van der Waals surface area contributed by atoms with Crippen LogP contribution in [0.1, 0.15) is 40.0 Å². The quantitative estimate of drug-likeness (QED) is 0.351. The molecule has 150 valence electrons. The maximum Gasteiger partial charge on any atom is 0.405 e. The average Bonchev–Trinajstić information content (AvgIpc) is 2.53. The van der Waals surface area contributed by atoms with Crippen LogP contribution >= 0.6 is 11.6 Å². The Morgan fingerprint density at radius 2 is 1.96 bits per heavy atom. The number of nitro groups is 1. The van der Waals surface area contributed by atoms with E-state index < -0.39 is 16.6 Å². The van der Waals surface area contributed by atoms with Gasteiger partial charge in [-0.05, 0) is 40.0 Å². The highest BCUT2D eigenvalue weighted by Crippen LogP contribution is 2.37. The summed E-state index contributed by atoms with van der Waals surface area (Å²) in [5, 5.41) is 10.8. The summed E-state index contributed by atoms with van der Waals surface area (Å²) in [6.45, 7) is 6.92. The molecule has 1 saturated heterocycles. The summed E-state index contributed by atoms with van der Waals surface area (Å²) in [4.78, 5) is 36.4. The number of halogens is 1. The number of aromatic nitrogens is 1. The predicted molar refractivity (Wildman–Crippen MR) is 99.1 cm³/mol. The number of rotatable bonds is 4. The topological polar surface area (TPSA) is 138 Å². The molecule has 2 rings (SSSR count). The zero-order chi connectivity index (χ0) is 20.6. The second kappa shape index (κ2) is 9.91. The van der Waals surface area contributed by atoms with Crippen molar-refractivity contribution in [1.82, 2.24) is 4.98 Å². The summed E-state index contributed by atoms with van der Waals surface area (Å²) >= 11 is 5.81. The van der Waals surface area contributed by atoms with Gasteiger partial charge in [-0.15, -0.1) is 0 Å². The number of anilines is 1. The molecule has 0 atom stereocenters. The van der Waals surface area contributed by atoms with Crippen molar-refractivity contribution in [3.8, 4) is 5.88 Å². The van der Waals surface area contributed by atoms with Crippen LogP contribution in [0, 0.1) is 10.1 Å². The van der Waals surface area contributed by atoms with Gasteiger partial charge in [0, 0.05) is 19.2 Å². The standard InChI is InChI=1S/C11H12ClN3O4.C5H11NO2/c12-11-10(15(17)18)8(6-9(13-11)19-7-16)14-4-2-1-3-5-14;1-5(2,3)8-4(6)7/h6-7H,1-5H2;1-3H3,(H2,6,7). The number of nitrogens with zero attached hydrogens (tertiary/aromatic N) is 3. The van der Waals surface area contributed by atoms with E-state index in [4.69, 9.17) is 17.3 Å². The molecule has 0 aromatic carbocycles. The van der Waals surface area contributed by atoms with Crippen molar-refractivity contribution in [2.75, 3.05) is 18.0 Å². The Bertz CT molecular complexity index is 686. The summed E-state index contributed by atoms with van der Waals surface area (Å²) in [5.74, 6) is -0.0360. The maximum atomic E-state index is 11.1. The van der Waals surface area contributed by atoms with E-state index in [1.54, 1.807) is 20.8 Å². The number of amides is 1. The van der Waals surface area contributed by atoms with E-state index in [2.05, 4.69) is 14.5 Å². The Morgan fingerprint density at radius 1 is 1.37 bits per heavy atom. The van der Waals surface area contributed by atoms with Gasteiger partial charge in [-0.3, -0.25) is 14.9 Å². The highest BCUT2D eigenvalue weighted by molar-refractivity contribution is 6.32. The number of carbonyl (C=O) groups is 2. The first-order chi connectivity index (χ1) is 12.5. The number of hydrogen-bond donors (Lipinski definition) is 1. The molecule has 0 unspecified atom stereocenters. The smallest absolute Gasteiger partial charge is 0.405 e. The molecular weight excluding hydrogens is 380 g/mol. The molecule has 0 radical (unpaired) electrons. The molecule has 1 aromatic rings. The van der Waals surface area contributed by atoms with Crippen molar-refractivity contribution in [3.63, 3.8) is 0 Å². The summed E-state index contributed by atoms with van der Waals surface area (Å²) in [6.07, 6.45) is 2.29. The zero-order valence-electron chi connectivity index (χ0n) is 15.4. The van der Waals surface area contributed by atoms with E-state index in [1.165, 1.54) is 6.07 Å². The van der Waals surface area contributed by atoms with E-state index in [0.29, 0.717) is 18.8 Å². The van der Waals surface area contributed by atoms with Crippen molar-refractivity contribution in [1.29, 1.82) is 0 Å². The minimum atomic E-state index is -0.725. The van der Waals surface area contributed by atoms with Crippen molar-refractivity contribution >= 4 is 35.5 Å².